The molecule has 7 nitrogen and oxygen atoms in total. The van der Waals surface area contributed by atoms with Crippen molar-refractivity contribution >= 4 is 23.1 Å². The van der Waals surface area contributed by atoms with Gasteiger partial charge in [-0.15, -0.1) is 0 Å². The van der Waals surface area contributed by atoms with E-state index in [0.29, 0.717) is 22.7 Å². The molecule has 2 heterocycles. The zero-order chi connectivity index (χ0) is 25.3. The minimum atomic E-state index is -0.890. The summed E-state index contributed by atoms with van der Waals surface area (Å²) in [5.41, 5.74) is 2.28. The van der Waals surface area contributed by atoms with Gasteiger partial charge in [0.05, 0.1) is 25.8 Å². The molecule has 0 aliphatic carbocycles. The molecule has 1 aliphatic rings. The fourth-order valence-electron chi connectivity index (χ4n) is 4.29. The van der Waals surface area contributed by atoms with Crippen molar-refractivity contribution in [3.63, 3.8) is 0 Å². The van der Waals surface area contributed by atoms with Crippen LogP contribution in [0.4, 0.5) is 5.69 Å². The Bertz CT molecular complexity index is 1270. The molecule has 180 valence electrons. The number of hydrogen-bond donors (Lipinski definition) is 1. The fourth-order valence-corrected chi connectivity index (χ4v) is 4.29. The minimum Gasteiger partial charge on any atom is -0.506 e. The van der Waals surface area contributed by atoms with Crippen LogP contribution in [0.2, 0.25) is 0 Å². The minimum absolute atomic E-state index is 0.0642. The van der Waals surface area contributed by atoms with E-state index < -0.39 is 17.7 Å². The lowest BCUT2D eigenvalue weighted by Gasteiger charge is -2.26. The summed E-state index contributed by atoms with van der Waals surface area (Å²) in [6, 6.07) is 15.1. The maximum absolute atomic E-state index is 13.4. The first kappa shape index (κ1) is 24.0. The first-order valence-electron chi connectivity index (χ1n) is 11.2. The number of aliphatic hydroxyl groups excluding tert-OH is 1. The number of carbonyl (C=O) groups excluding carboxylic acids is 2. The summed E-state index contributed by atoms with van der Waals surface area (Å²) < 4.78 is 10.9. The Balaban J connectivity index is 1.95. The second-order valence-corrected chi connectivity index (χ2v) is 9.29. The number of carbonyl (C=O) groups is 2. The SMILES string of the molecule is COc1cccc(OC)c1/C(O)=C1\C(=O)C(=O)N(c2ccc(C(C)(C)C)cc2)C1c1cccnc1. The van der Waals surface area contributed by atoms with Crippen LogP contribution in [-0.2, 0) is 15.0 Å². The number of methoxy groups -OCH3 is 2. The normalized spacial score (nSPS) is 17.5. The van der Waals surface area contributed by atoms with Crippen molar-refractivity contribution in [3.05, 3.63) is 89.3 Å². The van der Waals surface area contributed by atoms with E-state index in [2.05, 4.69) is 25.8 Å². The van der Waals surface area contributed by atoms with E-state index in [4.69, 9.17) is 9.47 Å². The molecule has 2 aromatic carbocycles. The highest BCUT2D eigenvalue weighted by Gasteiger charge is 2.47. The quantitative estimate of drug-likeness (QED) is 0.319. The van der Waals surface area contributed by atoms with Gasteiger partial charge in [0, 0.05) is 18.1 Å². The average Bonchev–Trinajstić information content (AvgIpc) is 3.13. The second-order valence-electron chi connectivity index (χ2n) is 9.29. The van der Waals surface area contributed by atoms with Crippen molar-refractivity contribution in [2.75, 3.05) is 19.1 Å². The number of pyridine rings is 1. The molecule has 0 radical (unpaired) electrons. The van der Waals surface area contributed by atoms with E-state index in [-0.39, 0.29) is 22.3 Å². The van der Waals surface area contributed by atoms with Crippen LogP contribution in [0, 0.1) is 0 Å². The van der Waals surface area contributed by atoms with E-state index in [0.717, 1.165) is 5.56 Å². The zero-order valence-corrected chi connectivity index (χ0v) is 20.4. The van der Waals surface area contributed by atoms with Crippen molar-refractivity contribution < 1.29 is 24.2 Å². The lowest BCUT2D eigenvalue weighted by atomic mass is 9.87. The molecule has 1 aliphatic heterocycles. The molecule has 35 heavy (non-hydrogen) atoms. The van der Waals surface area contributed by atoms with Gasteiger partial charge in [0.15, 0.2) is 0 Å². The van der Waals surface area contributed by atoms with Crippen molar-refractivity contribution in [3.8, 4) is 11.5 Å². The van der Waals surface area contributed by atoms with Gasteiger partial charge < -0.3 is 14.6 Å². The molecule has 1 fully saturated rings. The topological polar surface area (TPSA) is 89.0 Å². The number of amides is 1. The largest absolute Gasteiger partial charge is 0.506 e. The third-order valence-corrected chi connectivity index (χ3v) is 6.12. The summed E-state index contributed by atoms with van der Waals surface area (Å²) in [5, 5.41) is 11.5. The number of ketones is 1. The van der Waals surface area contributed by atoms with Crippen LogP contribution in [0.25, 0.3) is 5.76 Å². The second kappa shape index (κ2) is 9.25. The highest BCUT2D eigenvalue weighted by Crippen LogP contribution is 2.45. The number of Topliss-reactive ketones (excluding diaryl/α,β-unsaturated/α-hetero) is 1. The Labute approximate surface area is 204 Å². The van der Waals surface area contributed by atoms with Crippen molar-refractivity contribution in [2.45, 2.75) is 32.2 Å². The Morgan fingerprint density at radius 3 is 2.09 bits per heavy atom. The van der Waals surface area contributed by atoms with E-state index in [1.54, 1.807) is 42.7 Å². The maximum atomic E-state index is 13.4. The summed E-state index contributed by atoms with van der Waals surface area (Å²) >= 11 is 0. The lowest BCUT2D eigenvalue weighted by molar-refractivity contribution is -0.132. The van der Waals surface area contributed by atoms with E-state index in [1.807, 2.05) is 24.3 Å². The number of rotatable bonds is 5. The molecule has 7 heteroatoms. The van der Waals surface area contributed by atoms with Crippen molar-refractivity contribution in [1.29, 1.82) is 0 Å². The number of nitrogens with zero attached hydrogens (tertiary/aromatic N) is 2. The van der Waals surface area contributed by atoms with Crippen molar-refractivity contribution in [2.24, 2.45) is 0 Å². The van der Waals surface area contributed by atoms with E-state index in [9.17, 15) is 14.7 Å². The van der Waals surface area contributed by atoms with E-state index >= 15 is 0 Å². The molecular weight excluding hydrogens is 444 g/mol. The molecule has 0 bridgehead atoms. The molecule has 1 N–H and O–H groups in total. The van der Waals surface area contributed by atoms with Gasteiger partial charge in [0.1, 0.15) is 22.8 Å². The molecule has 1 atom stereocenters. The van der Waals surface area contributed by atoms with Gasteiger partial charge >= 0.3 is 0 Å². The van der Waals surface area contributed by atoms with Gasteiger partial charge in [-0.1, -0.05) is 45.0 Å². The molecule has 0 spiro atoms. The highest BCUT2D eigenvalue weighted by atomic mass is 16.5. The third-order valence-electron chi connectivity index (χ3n) is 6.12. The van der Waals surface area contributed by atoms with Crippen LogP contribution in [0.3, 0.4) is 0 Å². The lowest BCUT2D eigenvalue weighted by Crippen LogP contribution is -2.29. The number of anilines is 1. The molecule has 3 aromatic rings. The Kier molecular flexibility index (Phi) is 6.35. The first-order chi connectivity index (χ1) is 16.7. The monoisotopic (exact) mass is 472 g/mol. The number of aromatic nitrogens is 1. The van der Waals surface area contributed by atoms with Gasteiger partial charge in [-0.05, 0) is 46.9 Å². The first-order valence-corrected chi connectivity index (χ1v) is 11.2. The van der Waals surface area contributed by atoms with Gasteiger partial charge in [0.2, 0.25) is 0 Å². The Morgan fingerprint density at radius 2 is 1.57 bits per heavy atom. The standard InChI is InChI=1S/C28H28N2O5/c1-28(2,3)18-11-13-19(14-12-18)30-24(17-8-7-15-29-16-17)23(26(32)27(30)33)25(31)22-20(34-4)9-6-10-21(22)35-5/h6-16,24,31H,1-5H3/b25-23+. The smallest absolute Gasteiger partial charge is 0.300 e. The Hall–Kier alpha value is -4.13. The van der Waals surface area contributed by atoms with E-state index in [1.165, 1.54) is 19.1 Å². The molecule has 1 saturated heterocycles. The fraction of sp³-hybridized carbons (Fsp3) is 0.250. The predicted molar refractivity (Wildman–Crippen MR) is 134 cm³/mol. The maximum Gasteiger partial charge on any atom is 0.300 e. The summed E-state index contributed by atoms with van der Waals surface area (Å²) in [7, 11) is 2.92. The number of hydrogen-bond acceptors (Lipinski definition) is 6. The molecule has 0 saturated carbocycles. The summed E-state index contributed by atoms with van der Waals surface area (Å²) in [4.78, 5) is 32.4. The summed E-state index contributed by atoms with van der Waals surface area (Å²) in [6.07, 6.45) is 3.19. The van der Waals surface area contributed by atoms with Gasteiger partial charge in [-0.25, -0.2) is 0 Å². The Morgan fingerprint density at radius 1 is 0.943 bits per heavy atom. The molecule has 1 amide bonds. The molecular formula is C28H28N2O5. The third kappa shape index (κ3) is 4.25. The van der Waals surface area contributed by atoms with Crippen LogP contribution < -0.4 is 14.4 Å². The molecule has 4 rings (SSSR count). The summed E-state index contributed by atoms with van der Waals surface area (Å²) in [6.45, 7) is 6.31. The summed E-state index contributed by atoms with van der Waals surface area (Å²) in [5.74, 6) is -1.29. The predicted octanol–water partition coefficient (Wildman–Crippen LogP) is 5.02. The molecule has 1 aromatic heterocycles. The highest BCUT2D eigenvalue weighted by molar-refractivity contribution is 6.51. The van der Waals surface area contributed by atoms with Crippen LogP contribution in [0.1, 0.15) is 43.5 Å². The van der Waals surface area contributed by atoms with Crippen LogP contribution in [0.15, 0.2) is 72.6 Å². The van der Waals surface area contributed by atoms with Gasteiger partial charge in [-0.2, -0.15) is 0 Å². The molecule has 1 unspecified atom stereocenters. The van der Waals surface area contributed by atoms with Gasteiger partial charge in [0.25, 0.3) is 11.7 Å². The van der Waals surface area contributed by atoms with Crippen molar-refractivity contribution in [1.82, 2.24) is 4.98 Å². The number of benzene rings is 2. The zero-order valence-electron chi connectivity index (χ0n) is 20.4. The van der Waals surface area contributed by atoms with Crippen LogP contribution >= 0.6 is 0 Å². The van der Waals surface area contributed by atoms with Gasteiger partial charge in [-0.3, -0.25) is 19.5 Å². The number of ether oxygens (including phenoxy) is 2. The average molecular weight is 473 g/mol. The number of aliphatic hydroxyl groups is 1. The van der Waals surface area contributed by atoms with Crippen LogP contribution in [-0.4, -0.2) is 36.0 Å². The van der Waals surface area contributed by atoms with Crippen LogP contribution in [0.5, 0.6) is 11.5 Å².